The quantitative estimate of drug-likeness (QED) is 0.480. The van der Waals surface area contributed by atoms with Crippen LogP contribution in [0.5, 0.6) is 0 Å². The number of carbonyl (C=O) groups excluding carboxylic acids is 1. The monoisotopic (exact) mass is 548 g/mol. The molecule has 9 heteroatoms. The average Bonchev–Trinajstić information content (AvgIpc) is 3.00. The second-order valence-electron chi connectivity index (χ2n) is 11.1. The maximum atomic E-state index is 13.5. The molecule has 3 saturated heterocycles. The molecule has 8 nitrogen and oxygen atoms in total. The lowest BCUT2D eigenvalue weighted by molar-refractivity contribution is -0.931. The Morgan fingerprint density at radius 1 is 0.974 bits per heavy atom. The highest BCUT2D eigenvalue weighted by molar-refractivity contribution is 7.71. The maximum absolute atomic E-state index is 13.5. The zero-order valence-electron chi connectivity index (χ0n) is 22.5. The zero-order valence-corrected chi connectivity index (χ0v) is 23.3. The molecular formula is C30H38N5O3S+. The van der Waals surface area contributed by atoms with E-state index < -0.39 is 0 Å². The average molecular weight is 549 g/mol. The molecule has 0 spiro atoms. The number of morpholine rings is 1. The lowest BCUT2D eigenvalue weighted by atomic mass is 9.99. The third-order valence-electron chi connectivity index (χ3n) is 8.74. The number of quaternary nitrogens is 1. The largest absolute Gasteiger partial charge is 0.378 e. The summed E-state index contributed by atoms with van der Waals surface area (Å²) >= 11 is 5.55. The van der Waals surface area contributed by atoms with Crippen molar-refractivity contribution in [1.29, 1.82) is 0 Å². The molecule has 4 heterocycles. The Kier molecular flexibility index (Phi) is 7.81. The van der Waals surface area contributed by atoms with Crippen molar-refractivity contribution in [2.45, 2.75) is 44.7 Å². The third kappa shape index (κ3) is 5.66. The number of amides is 1. The summed E-state index contributed by atoms with van der Waals surface area (Å²) in [7, 11) is 0. The topological polar surface area (TPSA) is 75.0 Å². The lowest BCUT2D eigenvalue weighted by Gasteiger charge is -2.37. The number of aromatic amines is 1. The van der Waals surface area contributed by atoms with E-state index in [9.17, 15) is 9.59 Å². The number of anilines is 1. The van der Waals surface area contributed by atoms with E-state index in [1.807, 2.05) is 47.4 Å². The molecule has 6 rings (SSSR count). The fourth-order valence-electron chi connectivity index (χ4n) is 6.42. The van der Waals surface area contributed by atoms with E-state index in [0.29, 0.717) is 41.5 Å². The second-order valence-corrected chi connectivity index (χ2v) is 11.5. The molecule has 0 aliphatic carbocycles. The van der Waals surface area contributed by atoms with Crippen molar-refractivity contribution in [1.82, 2.24) is 14.5 Å². The number of hydrogen-bond donors (Lipinski definition) is 2. The number of nitrogens with one attached hydrogen (secondary N) is 2. The first kappa shape index (κ1) is 26.2. The van der Waals surface area contributed by atoms with Crippen LogP contribution in [-0.4, -0.2) is 78.9 Å². The van der Waals surface area contributed by atoms with E-state index in [2.05, 4.69) is 9.88 Å². The van der Waals surface area contributed by atoms with Gasteiger partial charge in [0.05, 0.1) is 49.8 Å². The van der Waals surface area contributed by atoms with Gasteiger partial charge >= 0.3 is 0 Å². The summed E-state index contributed by atoms with van der Waals surface area (Å²) in [5.74, 6) is 0.101. The fourth-order valence-corrected chi connectivity index (χ4v) is 6.68. The Labute approximate surface area is 234 Å². The van der Waals surface area contributed by atoms with E-state index in [4.69, 9.17) is 17.0 Å². The predicted molar refractivity (Wildman–Crippen MR) is 155 cm³/mol. The van der Waals surface area contributed by atoms with Gasteiger partial charge in [-0.25, -0.2) is 0 Å². The Bertz CT molecular complexity index is 1430. The number of H-pyrrole nitrogens is 1. The summed E-state index contributed by atoms with van der Waals surface area (Å²) in [6.07, 6.45) is 6.23. The molecule has 1 aromatic heterocycles. The first-order valence-electron chi connectivity index (χ1n) is 14.4. The van der Waals surface area contributed by atoms with E-state index >= 15 is 0 Å². The molecule has 3 aromatic rings. The molecule has 0 saturated carbocycles. The van der Waals surface area contributed by atoms with E-state index in [-0.39, 0.29) is 11.5 Å². The number of fused-ring (bicyclic) bond motifs is 1. The summed E-state index contributed by atoms with van der Waals surface area (Å²) in [5.41, 5.74) is 3.29. The van der Waals surface area contributed by atoms with Gasteiger partial charge in [-0.1, -0.05) is 12.1 Å². The van der Waals surface area contributed by atoms with Gasteiger partial charge in [0, 0.05) is 50.3 Å². The van der Waals surface area contributed by atoms with Gasteiger partial charge in [-0.15, -0.1) is 0 Å². The number of likely N-dealkylation sites (tertiary alicyclic amines) is 2. The third-order valence-corrected chi connectivity index (χ3v) is 9.06. The van der Waals surface area contributed by atoms with Gasteiger partial charge in [-0.05, 0) is 67.4 Å². The van der Waals surface area contributed by atoms with E-state index in [1.54, 1.807) is 9.47 Å². The van der Waals surface area contributed by atoms with E-state index in [0.717, 1.165) is 55.8 Å². The molecule has 206 valence electrons. The maximum Gasteiger partial charge on any atom is 0.262 e. The molecule has 39 heavy (non-hydrogen) atoms. The molecule has 0 atom stereocenters. The van der Waals surface area contributed by atoms with Crippen molar-refractivity contribution < 1.29 is 14.4 Å². The lowest BCUT2D eigenvalue weighted by Crippen LogP contribution is -3.16. The van der Waals surface area contributed by atoms with Crippen LogP contribution in [0, 0.1) is 4.77 Å². The van der Waals surface area contributed by atoms with Crippen molar-refractivity contribution in [2.75, 3.05) is 57.4 Å². The van der Waals surface area contributed by atoms with Crippen LogP contribution < -0.4 is 15.4 Å². The van der Waals surface area contributed by atoms with Gasteiger partial charge in [0.2, 0.25) is 0 Å². The highest BCUT2D eigenvalue weighted by atomic mass is 32.1. The molecule has 3 fully saturated rings. The number of piperidine rings is 2. The van der Waals surface area contributed by atoms with Crippen molar-refractivity contribution in [3.8, 4) is 0 Å². The van der Waals surface area contributed by atoms with Gasteiger partial charge in [0.1, 0.15) is 0 Å². The van der Waals surface area contributed by atoms with E-state index in [1.165, 1.54) is 32.4 Å². The Morgan fingerprint density at radius 3 is 2.41 bits per heavy atom. The number of ether oxygens (including phenoxy) is 1. The number of carbonyl (C=O) groups is 1. The Balaban J connectivity index is 1.14. The highest BCUT2D eigenvalue weighted by Crippen LogP contribution is 2.21. The van der Waals surface area contributed by atoms with Crippen LogP contribution in [0.15, 0.2) is 47.3 Å². The minimum absolute atomic E-state index is 0.101. The smallest absolute Gasteiger partial charge is 0.262 e. The number of rotatable bonds is 5. The normalized spacial score (nSPS) is 19.5. The van der Waals surface area contributed by atoms with Crippen LogP contribution in [0.1, 0.15) is 48.0 Å². The van der Waals surface area contributed by atoms with Crippen molar-refractivity contribution in [3.63, 3.8) is 0 Å². The van der Waals surface area contributed by atoms with Crippen LogP contribution in [-0.2, 0) is 11.3 Å². The number of aromatic nitrogens is 2. The number of nitrogens with zero attached hydrogens (tertiary/aromatic N) is 3. The van der Waals surface area contributed by atoms with Gasteiger partial charge < -0.3 is 24.4 Å². The van der Waals surface area contributed by atoms with Gasteiger partial charge in [0.25, 0.3) is 11.5 Å². The van der Waals surface area contributed by atoms with Crippen molar-refractivity contribution in [2.24, 2.45) is 0 Å². The molecule has 0 radical (unpaired) electrons. The molecule has 0 bridgehead atoms. The van der Waals surface area contributed by atoms with Crippen LogP contribution in [0.3, 0.4) is 0 Å². The molecule has 0 unspecified atom stereocenters. The highest BCUT2D eigenvalue weighted by Gasteiger charge is 2.30. The molecule has 3 aliphatic heterocycles. The summed E-state index contributed by atoms with van der Waals surface area (Å²) in [6.45, 7) is 7.61. The van der Waals surface area contributed by atoms with Crippen LogP contribution in [0.25, 0.3) is 10.9 Å². The first-order valence-corrected chi connectivity index (χ1v) is 14.8. The van der Waals surface area contributed by atoms with Crippen molar-refractivity contribution >= 4 is 34.7 Å². The predicted octanol–water partition coefficient (Wildman–Crippen LogP) is 2.62. The van der Waals surface area contributed by atoms with Gasteiger partial charge in [-0.2, -0.15) is 0 Å². The van der Waals surface area contributed by atoms with Crippen molar-refractivity contribution in [3.05, 3.63) is 68.7 Å². The number of hydrogen-bond acceptors (Lipinski definition) is 5. The molecular weight excluding hydrogens is 510 g/mol. The second kappa shape index (κ2) is 11.6. The molecule has 2 aromatic carbocycles. The summed E-state index contributed by atoms with van der Waals surface area (Å²) < 4.78 is 7.46. The Hall–Kier alpha value is -3.01. The molecule has 3 aliphatic rings. The SMILES string of the molecule is O=C(c1ccc(Cn2c(=S)[nH]c3ccc(N4CCOCC4)cc3c2=O)cc1)N1CCC([NH+]2CCCCC2)CC1. The minimum atomic E-state index is -0.109. The summed E-state index contributed by atoms with van der Waals surface area (Å²) in [4.78, 5) is 35.9. The van der Waals surface area contributed by atoms with Gasteiger partial charge in [0.15, 0.2) is 4.77 Å². The zero-order chi connectivity index (χ0) is 26.8. The standard InChI is InChI=1S/C30H37N5O3S/c36-28(34-14-10-24(11-15-34)32-12-2-1-3-13-32)23-6-4-22(5-7-23)21-35-29(37)26-20-25(33-16-18-38-19-17-33)8-9-27(26)31-30(35)39/h4-9,20,24H,1-3,10-19,21H2,(H,31,39)/p+1. The van der Waals surface area contributed by atoms with Crippen LogP contribution in [0.4, 0.5) is 5.69 Å². The first-order chi connectivity index (χ1) is 19.1. The summed E-state index contributed by atoms with van der Waals surface area (Å²) in [5, 5.41) is 0.620. The minimum Gasteiger partial charge on any atom is -0.378 e. The molecule has 1 amide bonds. The fraction of sp³-hybridized carbons (Fsp3) is 0.500. The summed E-state index contributed by atoms with van der Waals surface area (Å²) in [6, 6.07) is 14.2. The molecule has 2 N–H and O–H groups in total. The number of benzene rings is 2. The Morgan fingerprint density at radius 2 is 1.69 bits per heavy atom. The van der Waals surface area contributed by atoms with Gasteiger partial charge in [-0.3, -0.25) is 14.2 Å². The van der Waals surface area contributed by atoms with Crippen LogP contribution >= 0.6 is 12.2 Å². The van der Waals surface area contributed by atoms with Crippen LogP contribution in [0.2, 0.25) is 0 Å².